The van der Waals surface area contributed by atoms with Crippen LogP contribution in [0.5, 0.6) is 0 Å². The minimum absolute atomic E-state index is 0.186. The molecule has 0 aromatic heterocycles. The Kier molecular flexibility index (Phi) is 5.96. The second-order valence-electron chi connectivity index (χ2n) is 5.48. The lowest BCUT2D eigenvalue weighted by Crippen LogP contribution is -2.39. The number of amides is 1. The molecule has 100 valence electrons. The molecule has 1 fully saturated rings. The summed E-state index contributed by atoms with van der Waals surface area (Å²) in [4.78, 5) is 13.8. The Morgan fingerprint density at radius 3 is 2.41 bits per heavy atom. The van der Waals surface area contributed by atoms with Gasteiger partial charge in [-0.15, -0.1) is 0 Å². The van der Waals surface area contributed by atoms with E-state index in [2.05, 4.69) is 6.92 Å². The van der Waals surface area contributed by atoms with Crippen molar-refractivity contribution in [1.82, 2.24) is 4.90 Å². The minimum Gasteiger partial charge on any atom is -0.393 e. The second-order valence-corrected chi connectivity index (χ2v) is 5.48. The Balaban J connectivity index is 2.32. The van der Waals surface area contributed by atoms with E-state index in [0.717, 1.165) is 18.8 Å². The summed E-state index contributed by atoms with van der Waals surface area (Å²) < 4.78 is 0. The summed E-state index contributed by atoms with van der Waals surface area (Å²) in [6, 6.07) is 0.430. The van der Waals surface area contributed by atoms with Crippen molar-refractivity contribution in [2.24, 2.45) is 5.92 Å². The van der Waals surface area contributed by atoms with Gasteiger partial charge in [-0.2, -0.15) is 0 Å². The summed E-state index contributed by atoms with van der Waals surface area (Å²) in [5.41, 5.74) is 0. The van der Waals surface area contributed by atoms with Crippen LogP contribution in [0.25, 0.3) is 0 Å². The summed E-state index contributed by atoms with van der Waals surface area (Å²) in [6.45, 7) is 3.99. The highest BCUT2D eigenvalue weighted by atomic mass is 16.3. The maximum atomic E-state index is 11.9. The Morgan fingerprint density at radius 2 is 1.94 bits per heavy atom. The summed E-state index contributed by atoms with van der Waals surface area (Å²) in [5, 5.41) is 9.19. The number of nitrogens with zero attached hydrogens (tertiary/aromatic N) is 1. The molecule has 1 atom stereocenters. The number of aliphatic hydroxyl groups is 1. The summed E-state index contributed by atoms with van der Waals surface area (Å²) in [7, 11) is 1.92. The Hall–Kier alpha value is -0.570. The van der Waals surface area contributed by atoms with E-state index in [-0.39, 0.29) is 12.0 Å². The third-order valence-corrected chi connectivity index (χ3v) is 4.11. The van der Waals surface area contributed by atoms with Gasteiger partial charge in [0.1, 0.15) is 0 Å². The number of rotatable bonds is 5. The standard InChI is InChI=1S/C14H27NO2/c1-4-12-6-8-13(9-7-12)15(3)14(17)10-5-11(2)16/h11-13,16H,4-10H2,1-3H3. The van der Waals surface area contributed by atoms with Gasteiger partial charge < -0.3 is 10.0 Å². The summed E-state index contributed by atoms with van der Waals surface area (Å²) in [5.74, 6) is 1.05. The highest BCUT2D eigenvalue weighted by Gasteiger charge is 2.25. The van der Waals surface area contributed by atoms with E-state index in [1.807, 2.05) is 11.9 Å². The molecule has 3 heteroatoms. The third kappa shape index (κ3) is 4.66. The van der Waals surface area contributed by atoms with Crippen LogP contribution in [0, 0.1) is 5.92 Å². The van der Waals surface area contributed by atoms with Gasteiger partial charge in [-0.3, -0.25) is 4.79 Å². The van der Waals surface area contributed by atoms with Crippen LogP contribution in [0.3, 0.4) is 0 Å². The molecule has 0 spiro atoms. The van der Waals surface area contributed by atoms with Crippen molar-refractivity contribution >= 4 is 5.91 Å². The van der Waals surface area contributed by atoms with Gasteiger partial charge in [0, 0.05) is 19.5 Å². The van der Waals surface area contributed by atoms with E-state index < -0.39 is 0 Å². The van der Waals surface area contributed by atoms with Crippen molar-refractivity contribution in [3.05, 3.63) is 0 Å². The van der Waals surface area contributed by atoms with Crippen molar-refractivity contribution in [3.8, 4) is 0 Å². The normalized spacial score (nSPS) is 26.6. The number of aliphatic hydroxyl groups excluding tert-OH is 1. The number of carbonyl (C=O) groups excluding carboxylic acids is 1. The van der Waals surface area contributed by atoms with Crippen LogP contribution in [-0.2, 0) is 4.79 Å². The molecular weight excluding hydrogens is 214 g/mol. The van der Waals surface area contributed by atoms with Crippen molar-refractivity contribution < 1.29 is 9.90 Å². The molecule has 1 unspecified atom stereocenters. The lowest BCUT2D eigenvalue weighted by molar-refractivity contribution is -0.133. The molecule has 3 nitrogen and oxygen atoms in total. The predicted molar refractivity (Wildman–Crippen MR) is 69.7 cm³/mol. The average molecular weight is 241 g/mol. The van der Waals surface area contributed by atoms with Gasteiger partial charge in [-0.05, 0) is 44.9 Å². The van der Waals surface area contributed by atoms with Crippen LogP contribution in [0.4, 0.5) is 0 Å². The molecule has 17 heavy (non-hydrogen) atoms. The first-order valence-electron chi connectivity index (χ1n) is 6.98. The molecule has 0 aliphatic heterocycles. The Labute approximate surface area is 105 Å². The number of hydrogen-bond donors (Lipinski definition) is 1. The SMILES string of the molecule is CCC1CCC(N(C)C(=O)CCC(C)O)CC1. The third-order valence-electron chi connectivity index (χ3n) is 4.11. The zero-order valence-corrected chi connectivity index (χ0v) is 11.5. The molecule has 0 aromatic carbocycles. The van der Waals surface area contributed by atoms with E-state index in [9.17, 15) is 9.90 Å². The van der Waals surface area contributed by atoms with Gasteiger partial charge in [-0.25, -0.2) is 0 Å². The summed E-state index contributed by atoms with van der Waals surface area (Å²) >= 11 is 0. The van der Waals surface area contributed by atoms with Gasteiger partial charge in [-0.1, -0.05) is 13.3 Å². The predicted octanol–water partition coefficient (Wildman–Crippen LogP) is 2.57. The van der Waals surface area contributed by atoms with Crippen molar-refractivity contribution in [2.45, 2.75) is 70.9 Å². The van der Waals surface area contributed by atoms with Crippen LogP contribution in [0.15, 0.2) is 0 Å². The smallest absolute Gasteiger partial charge is 0.222 e. The Morgan fingerprint density at radius 1 is 1.35 bits per heavy atom. The molecule has 1 saturated carbocycles. The minimum atomic E-state index is -0.372. The fourth-order valence-corrected chi connectivity index (χ4v) is 2.65. The fourth-order valence-electron chi connectivity index (χ4n) is 2.65. The van der Waals surface area contributed by atoms with Gasteiger partial charge in [0.2, 0.25) is 5.91 Å². The molecule has 1 aliphatic carbocycles. The van der Waals surface area contributed by atoms with Crippen molar-refractivity contribution in [1.29, 1.82) is 0 Å². The maximum absolute atomic E-state index is 11.9. The van der Waals surface area contributed by atoms with Gasteiger partial charge >= 0.3 is 0 Å². The van der Waals surface area contributed by atoms with Crippen LogP contribution in [0.1, 0.15) is 58.8 Å². The van der Waals surface area contributed by atoms with Crippen LogP contribution in [0.2, 0.25) is 0 Å². The van der Waals surface area contributed by atoms with Crippen LogP contribution < -0.4 is 0 Å². The van der Waals surface area contributed by atoms with Crippen molar-refractivity contribution in [2.75, 3.05) is 7.05 Å². The molecule has 1 amide bonds. The topological polar surface area (TPSA) is 40.5 Å². The molecule has 1 rings (SSSR count). The first-order valence-corrected chi connectivity index (χ1v) is 6.98. The molecule has 0 aromatic rings. The first kappa shape index (κ1) is 14.5. The van der Waals surface area contributed by atoms with E-state index in [1.54, 1.807) is 6.92 Å². The van der Waals surface area contributed by atoms with E-state index >= 15 is 0 Å². The molecule has 0 heterocycles. The average Bonchev–Trinajstić information content (AvgIpc) is 2.35. The van der Waals surface area contributed by atoms with E-state index in [4.69, 9.17) is 0 Å². The molecule has 0 radical (unpaired) electrons. The molecular formula is C14H27NO2. The number of carbonyl (C=O) groups is 1. The van der Waals surface area contributed by atoms with Crippen LogP contribution in [-0.4, -0.2) is 35.1 Å². The second kappa shape index (κ2) is 7.00. The highest BCUT2D eigenvalue weighted by Crippen LogP contribution is 2.29. The fraction of sp³-hybridized carbons (Fsp3) is 0.929. The lowest BCUT2D eigenvalue weighted by Gasteiger charge is -2.34. The van der Waals surface area contributed by atoms with E-state index in [1.165, 1.54) is 19.3 Å². The van der Waals surface area contributed by atoms with Gasteiger partial charge in [0.15, 0.2) is 0 Å². The quantitative estimate of drug-likeness (QED) is 0.803. The zero-order valence-electron chi connectivity index (χ0n) is 11.5. The van der Waals surface area contributed by atoms with Gasteiger partial charge in [0.05, 0.1) is 6.10 Å². The number of hydrogen-bond acceptors (Lipinski definition) is 2. The van der Waals surface area contributed by atoms with Gasteiger partial charge in [0.25, 0.3) is 0 Å². The van der Waals surface area contributed by atoms with Crippen molar-refractivity contribution in [3.63, 3.8) is 0 Å². The van der Waals surface area contributed by atoms with E-state index in [0.29, 0.717) is 18.9 Å². The molecule has 1 N–H and O–H groups in total. The lowest BCUT2D eigenvalue weighted by atomic mass is 9.84. The monoisotopic (exact) mass is 241 g/mol. The molecule has 0 saturated heterocycles. The molecule has 0 bridgehead atoms. The summed E-state index contributed by atoms with van der Waals surface area (Å²) in [6.07, 6.45) is 6.76. The molecule has 1 aliphatic rings. The maximum Gasteiger partial charge on any atom is 0.222 e. The first-order chi connectivity index (χ1) is 8.04. The zero-order chi connectivity index (χ0) is 12.8. The Bertz CT molecular complexity index is 232. The highest BCUT2D eigenvalue weighted by molar-refractivity contribution is 5.76. The largest absolute Gasteiger partial charge is 0.393 e. The van der Waals surface area contributed by atoms with Crippen LogP contribution >= 0.6 is 0 Å².